The van der Waals surface area contributed by atoms with Crippen LogP contribution in [-0.4, -0.2) is 17.9 Å². The smallest absolute Gasteiger partial charge is 0.136 e. The molecular weight excluding hydrogens is 210 g/mol. The average molecular weight is 237 g/mol. The lowest BCUT2D eigenvalue weighted by Gasteiger charge is -2.39. The molecule has 0 saturated carbocycles. The summed E-state index contributed by atoms with van der Waals surface area (Å²) < 4.78 is 0. The van der Waals surface area contributed by atoms with Gasteiger partial charge in [-0.2, -0.15) is 0 Å². The zero-order chi connectivity index (χ0) is 12.1. The molecule has 0 aromatic heterocycles. The first-order valence-electron chi connectivity index (χ1n) is 7.58. The first kappa shape index (κ1) is 13.1. The summed E-state index contributed by atoms with van der Waals surface area (Å²) in [6.45, 7) is 2.22. The van der Waals surface area contributed by atoms with E-state index in [9.17, 15) is 4.79 Å². The summed E-state index contributed by atoms with van der Waals surface area (Å²) in [5.41, 5.74) is 0. The van der Waals surface area contributed by atoms with Crippen LogP contribution in [0.5, 0.6) is 0 Å². The number of unbranched alkanes of at least 4 members (excludes halogenated alkanes) is 3. The second kappa shape index (κ2) is 6.53. The molecule has 2 heterocycles. The van der Waals surface area contributed by atoms with E-state index in [0.29, 0.717) is 23.8 Å². The van der Waals surface area contributed by atoms with Crippen molar-refractivity contribution >= 4 is 5.78 Å². The summed E-state index contributed by atoms with van der Waals surface area (Å²) >= 11 is 0. The molecular formula is C15H27NO. The lowest BCUT2D eigenvalue weighted by Crippen LogP contribution is -2.50. The van der Waals surface area contributed by atoms with Crippen LogP contribution in [0.3, 0.4) is 0 Å². The Morgan fingerprint density at radius 2 is 1.82 bits per heavy atom. The molecule has 17 heavy (non-hydrogen) atoms. The van der Waals surface area contributed by atoms with Gasteiger partial charge in [-0.15, -0.1) is 0 Å². The molecule has 2 aliphatic rings. The number of carbonyl (C=O) groups is 1. The minimum Gasteiger partial charge on any atom is -0.311 e. The first-order valence-corrected chi connectivity index (χ1v) is 7.58. The molecule has 2 atom stereocenters. The number of fused-ring (bicyclic) bond motifs is 2. The molecule has 0 aliphatic carbocycles. The molecule has 0 amide bonds. The minimum atomic E-state index is 0.383. The maximum atomic E-state index is 12.2. The van der Waals surface area contributed by atoms with Gasteiger partial charge < -0.3 is 5.32 Å². The number of piperidine rings is 2. The molecule has 1 N–H and O–H groups in total. The quantitative estimate of drug-likeness (QED) is 0.717. The SMILES string of the molecule is CCCCCCC(=O)C1CC2CCCC(C1)N2. The van der Waals surface area contributed by atoms with Crippen LogP contribution in [-0.2, 0) is 4.79 Å². The Balaban J connectivity index is 1.72. The number of nitrogens with one attached hydrogen (secondary N) is 1. The summed E-state index contributed by atoms with van der Waals surface area (Å²) in [6.07, 6.45) is 11.9. The predicted octanol–water partition coefficient (Wildman–Crippen LogP) is 3.45. The Kier molecular flexibility index (Phi) is 5.02. The second-order valence-corrected chi connectivity index (χ2v) is 5.94. The van der Waals surface area contributed by atoms with Crippen LogP contribution < -0.4 is 5.32 Å². The van der Waals surface area contributed by atoms with Crippen LogP contribution in [0.25, 0.3) is 0 Å². The van der Waals surface area contributed by atoms with Gasteiger partial charge in [-0.25, -0.2) is 0 Å². The molecule has 2 rings (SSSR count). The molecule has 2 saturated heterocycles. The number of rotatable bonds is 6. The maximum Gasteiger partial charge on any atom is 0.136 e. The number of carbonyl (C=O) groups excluding carboxylic acids is 1. The molecule has 0 spiro atoms. The Bertz CT molecular complexity index is 239. The second-order valence-electron chi connectivity index (χ2n) is 5.94. The van der Waals surface area contributed by atoms with E-state index in [1.165, 1.54) is 38.5 Å². The highest BCUT2D eigenvalue weighted by Gasteiger charge is 2.33. The van der Waals surface area contributed by atoms with Gasteiger partial charge in [-0.05, 0) is 32.1 Å². The molecule has 2 unspecified atom stereocenters. The fourth-order valence-corrected chi connectivity index (χ4v) is 3.46. The number of hydrogen-bond donors (Lipinski definition) is 1. The van der Waals surface area contributed by atoms with Gasteiger partial charge in [0.1, 0.15) is 5.78 Å². The predicted molar refractivity (Wildman–Crippen MR) is 71.1 cm³/mol. The van der Waals surface area contributed by atoms with E-state index < -0.39 is 0 Å². The van der Waals surface area contributed by atoms with Gasteiger partial charge in [0, 0.05) is 24.4 Å². The van der Waals surface area contributed by atoms with Crippen LogP contribution >= 0.6 is 0 Å². The summed E-state index contributed by atoms with van der Waals surface area (Å²) in [5.74, 6) is 0.938. The van der Waals surface area contributed by atoms with Gasteiger partial charge in [0.2, 0.25) is 0 Å². The van der Waals surface area contributed by atoms with Crippen LogP contribution in [0.1, 0.15) is 71.1 Å². The van der Waals surface area contributed by atoms with Gasteiger partial charge in [0.15, 0.2) is 0 Å². The molecule has 2 aliphatic heterocycles. The fourth-order valence-electron chi connectivity index (χ4n) is 3.46. The molecule has 2 bridgehead atoms. The maximum absolute atomic E-state index is 12.2. The lowest BCUT2D eigenvalue weighted by atomic mass is 9.77. The highest BCUT2D eigenvalue weighted by atomic mass is 16.1. The van der Waals surface area contributed by atoms with Crippen molar-refractivity contribution in [3.8, 4) is 0 Å². The Hall–Kier alpha value is -0.370. The summed E-state index contributed by atoms with van der Waals surface area (Å²) in [4.78, 5) is 12.2. The van der Waals surface area contributed by atoms with E-state index in [-0.39, 0.29) is 0 Å². The van der Waals surface area contributed by atoms with Crippen molar-refractivity contribution in [2.75, 3.05) is 0 Å². The van der Waals surface area contributed by atoms with Crippen molar-refractivity contribution in [2.24, 2.45) is 5.92 Å². The lowest BCUT2D eigenvalue weighted by molar-refractivity contribution is -0.124. The van der Waals surface area contributed by atoms with Crippen molar-refractivity contribution in [1.82, 2.24) is 5.32 Å². The van der Waals surface area contributed by atoms with E-state index >= 15 is 0 Å². The molecule has 2 nitrogen and oxygen atoms in total. The van der Waals surface area contributed by atoms with Crippen molar-refractivity contribution in [1.29, 1.82) is 0 Å². The van der Waals surface area contributed by atoms with Crippen LogP contribution in [0.15, 0.2) is 0 Å². The van der Waals surface area contributed by atoms with Crippen molar-refractivity contribution in [3.05, 3.63) is 0 Å². The first-order chi connectivity index (χ1) is 8.29. The molecule has 0 aromatic carbocycles. The van der Waals surface area contributed by atoms with E-state index in [1.54, 1.807) is 0 Å². The molecule has 2 heteroatoms. The monoisotopic (exact) mass is 237 g/mol. The van der Waals surface area contributed by atoms with Crippen LogP contribution in [0, 0.1) is 5.92 Å². The van der Waals surface area contributed by atoms with Crippen molar-refractivity contribution < 1.29 is 4.79 Å². The summed E-state index contributed by atoms with van der Waals surface area (Å²) in [7, 11) is 0. The number of hydrogen-bond acceptors (Lipinski definition) is 2. The molecule has 98 valence electrons. The van der Waals surface area contributed by atoms with Gasteiger partial charge >= 0.3 is 0 Å². The Morgan fingerprint density at radius 1 is 1.12 bits per heavy atom. The highest BCUT2D eigenvalue weighted by Crippen LogP contribution is 2.31. The van der Waals surface area contributed by atoms with Gasteiger partial charge in [-0.1, -0.05) is 32.6 Å². The number of Topliss-reactive ketones (excluding diaryl/α,β-unsaturated/α-hetero) is 1. The zero-order valence-corrected chi connectivity index (χ0v) is 11.2. The van der Waals surface area contributed by atoms with Crippen molar-refractivity contribution in [2.45, 2.75) is 83.2 Å². The standard InChI is InChI=1S/C15H27NO/c1-2-3-4-5-9-15(17)12-10-13-7-6-8-14(11-12)16-13/h12-14,16H,2-11H2,1H3. The van der Waals surface area contributed by atoms with Crippen LogP contribution in [0.2, 0.25) is 0 Å². The number of ketones is 1. The van der Waals surface area contributed by atoms with Gasteiger partial charge in [0.25, 0.3) is 0 Å². The Morgan fingerprint density at radius 3 is 2.47 bits per heavy atom. The topological polar surface area (TPSA) is 29.1 Å². The fraction of sp³-hybridized carbons (Fsp3) is 0.933. The largest absolute Gasteiger partial charge is 0.311 e. The third kappa shape index (κ3) is 3.80. The van der Waals surface area contributed by atoms with E-state index in [0.717, 1.165) is 25.7 Å². The third-order valence-corrected chi connectivity index (χ3v) is 4.45. The van der Waals surface area contributed by atoms with E-state index in [1.807, 2.05) is 0 Å². The normalized spacial score (nSPS) is 32.4. The zero-order valence-electron chi connectivity index (χ0n) is 11.2. The van der Waals surface area contributed by atoms with Gasteiger partial charge in [0.05, 0.1) is 0 Å². The van der Waals surface area contributed by atoms with Crippen LogP contribution in [0.4, 0.5) is 0 Å². The molecule has 0 radical (unpaired) electrons. The summed E-state index contributed by atoms with van der Waals surface area (Å²) in [6, 6.07) is 1.29. The van der Waals surface area contributed by atoms with E-state index in [4.69, 9.17) is 0 Å². The van der Waals surface area contributed by atoms with E-state index in [2.05, 4.69) is 12.2 Å². The molecule has 0 aromatic rings. The highest BCUT2D eigenvalue weighted by molar-refractivity contribution is 5.81. The Labute approximate surface area is 106 Å². The molecule has 2 fully saturated rings. The van der Waals surface area contributed by atoms with Crippen molar-refractivity contribution in [3.63, 3.8) is 0 Å². The van der Waals surface area contributed by atoms with Gasteiger partial charge in [-0.3, -0.25) is 4.79 Å². The summed E-state index contributed by atoms with van der Waals surface area (Å²) in [5, 5.41) is 3.66. The third-order valence-electron chi connectivity index (χ3n) is 4.45. The minimum absolute atomic E-state index is 0.383. The average Bonchev–Trinajstić information content (AvgIpc) is 2.34.